The van der Waals surface area contributed by atoms with Gasteiger partial charge in [-0.25, -0.2) is 9.18 Å². The monoisotopic (exact) mass is 238 g/mol. The normalized spacial score (nSPS) is 22.1. The minimum atomic E-state index is -1.07. The van der Waals surface area contributed by atoms with E-state index in [4.69, 9.17) is 9.84 Å². The van der Waals surface area contributed by atoms with Gasteiger partial charge >= 0.3 is 5.97 Å². The minimum Gasteiger partial charge on any atom is -0.478 e. The number of carboxylic acid groups (broad SMARTS) is 1. The topological polar surface area (TPSA) is 46.5 Å². The summed E-state index contributed by atoms with van der Waals surface area (Å²) < 4.78 is 19.4. The van der Waals surface area contributed by atoms with E-state index in [0.29, 0.717) is 18.8 Å². The number of aromatic carboxylic acids is 1. The lowest BCUT2D eigenvalue weighted by Gasteiger charge is -2.25. The molecule has 0 amide bonds. The molecule has 1 aliphatic rings. The van der Waals surface area contributed by atoms with Crippen molar-refractivity contribution in [1.29, 1.82) is 0 Å². The van der Waals surface area contributed by atoms with Crippen LogP contribution in [0.3, 0.4) is 0 Å². The van der Waals surface area contributed by atoms with Gasteiger partial charge in [0.05, 0.1) is 12.2 Å². The summed E-state index contributed by atoms with van der Waals surface area (Å²) in [6, 6.07) is 5.97. The highest BCUT2D eigenvalue weighted by molar-refractivity contribution is 5.87. The quantitative estimate of drug-likeness (QED) is 0.880. The maximum atomic E-state index is 14.1. The first-order valence-electron chi connectivity index (χ1n) is 5.73. The van der Waals surface area contributed by atoms with Crippen molar-refractivity contribution >= 4 is 5.97 Å². The average Bonchev–Trinajstić information content (AvgIpc) is 2.39. The second-order valence-electron chi connectivity index (χ2n) is 4.31. The zero-order valence-corrected chi connectivity index (χ0v) is 9.43. The molecule has 2 unspecified atom stereocenters. The lowest BCUT2D eigenvalue weighted by atomic mass is 9.92. The molecule has 0 saturated carbocycles. The van der Waals surface area contributed by atoms with E-state index in [1.165, 1.54) is 12.1 Å². The molecule has 92 valence electrons. The number of hydrogen-bond donors (Lipinski definition) is 1. The molecule has 0 spiro atoms. The number of rotatable bonds is 3. The number of carboxylic acids is 1. The van der Waals surface area contributed by atoms with Crippen molar-refractivity contribution in [2.45, 2.75) is 19.0 Å². The Hall–Kier alpha value is -1.42. The van der Waals surface area contributed by atoms with Gasteiger partial charge in [-0.15, -0.1) is 0 Å². The smallest absolute Gasteiger partial charge is 0.335 e. The summed E-state index contributed by atoms with van der Waals surface area (Å²) >= 11 is 0. The summed E-state index contributed by atoms with van der Waals surface area (Å²) in [6.45, 7) is 1.16. The molecular formula is C13H15FO3. The van der Waals surface area contributed by atoms with Crippen LogP contribution in [0, 0.1) is 5.92 Å². The molecule has 4 heteroatoms. The zero-order chi connectivity index (χ0) is 12.3. The van der Waals surface area contributed by atoms with Gasteiger partial charge in [0.15, 0.2) is 0 Å². The van der Waals surface area contributed by atoms with Gasteiger partial charge in [0.1, 0.15) is 6.17 Å². The molecule has 1 heterocycles. The molecular weight excluding hydrogens is 223 g/mol. The van der Waals surface area contributed by atoms with Gasteiger partial charge in [-0.05, 0) is 30.5 Å². The van der Waals surface area contributed by atoms with Crippen LogP contribution in [0.25, 0.3) is 0 Å². The largest absolute Gasteiger partial charge is 0.478 e. The Morgan fingerprint density at radius 1 is 1.41 bits per heavy atom. The third-order valence-electron chi connectivity index (χ3n) is 3.09. The predicted octanol–water partition coefficient (Wildman–Crippen LogP) is 2.82. The third kappa shape index (κ3) is 2.82. The second-order valence-corrected chi connectivity index (χ2v) is 4.31. The predicted molar refractivity (Wildman–Crippen MR) is 60.8 cm³/mol. The van der Waals surface area contributed by atoms with Crippen LogP contribution >= 0.6 is 0 Å². The first kappa shape index (κ1) is 12.0. The molecule has 17 heavy (non-hydrogen) atoms. The van der Waals surface area contributed by atoms with Crippen molar-refractivity contribution in [3.63, 3.8) is 0 Å². The Morgan fingerprint density at radius 3 is 2.65 bits per heavy atom. The fourth-order valence-corrected chi connectivity index (χ4v) is 2.08. The fourth-order valence-electron chi connectivity index (χ4n) is 2.08. The molecule has 0 aliphatic carbocycles. The Balaban J connectivity index is 2.07. The van der Waals surface area contributed by atoms with Crippen LogP contribution in [0.1, 0.15) is 34.9 Å². The average molecular weight is 238 g/mol. The maximum absolute atomic E-state index is 14.1. The summed E-state index contributed by atoms with van der Waals surface area (Å²) in [5, 5.41) is 8.75. The number of halogens is 1. The van der Waals surface area contributed by atoms with E-state index in [1.54, 1.807) is 12.1 Å². The lowest BCUT2D eigenvalue weighted by Crippen LogP contribution is -2.21. The summed E-state index contributed by atoms with van der Waals surface area (Å²) in [7, 11) is 0. The van der Waals surface area contributed by atoms with Gasteiger partial charge in [0.2, 0.25) is 0 Å². The molecule has 1 aromatic carbocycles. The van der Waals surface area contributed by atoms with Gasteiger partial charge in [0, 0.05) is 12.5 Å². The van der Waals surface area contributed by atoms with Crippen molar-refractivity contribution in [2.75, 3.05) is 13.2 Å². The molecule has 1 aromatic rings. The van der Waals surface area contributed by atoms with Crippen LogP contribution in [0.5, 0.6) is 0 Å². The standard InChI is InChI=1S/C13H15FO3/c14-12(11-2-1-7-17-8-11)9-3-5-10(6-4-9)13(15)16/h3-6,11-12H,1-2,7-8H2,(H,15,16). The SMILES string of the molecule is O=C(O)c1ccc(C(F)C2CCCOC2)cc1. The molecule has 3 nitrogen and oxygen atoms in total. The van der Waals surface area contributed by atoms with Crippen LogP contribution in [0.2, 0.25) is 0 Å². The van der Waals surface area contributed by atoms with Crippen LogP contribution in [0.4, 0.5) is 4.39 Å². The summed E-state index contributed by atoms with van der Waals surface area (Å²) in [5.41, 5.74) is 0.714. The van der Waals surface area contributed by atoms with E-state index >= 15 is 0 Å². The number of ether oxygens (including phenoxy) is 1. The number of carbonyl (C=O) groups is 1. The van der Waals surface area contributed by atoms with E-state index in [2.05, 4.69) is 0 Å². The van der Waals surface area contributed by atoms with E-state index < -0.39 is 12.1 Å². The van der Waals surface area contributed by atoms with Crippen molar-refractivity contribution < 1.29 is 19.0 Å². The highest BCUT2D eigenvalue weighted by atomic mass is 19.1. The zero-order valence-electron chi connectivity index (χ0n) is 9.43. The minimum absolute atomic E-state index is 0.112. The highest BCUT2D eigenvalue weighted by Crippen LogP contribution is 2.32. The third-order valence-corrected chi connectivity index (χ3v) is 3.09. The van der Waals surface area contributed by atoms with Crippen LogP contribution < -0.4 is 0 Å². The first-order chi connectivity index (χ1) is 8.18. The number of benzene rings is 1. The van der Waals surface area contributed by atoms with E-state index in [-0.39, 0.29) is 11.5 Å². The first-order valence-corrected chi connectivity index (χ1v) is 5.73. The molecule has 2 rings (SSSR count). The van der Waals surface area contributed by atoms with Crippen molar-refractivity contribution in [3.05, 3.63) is 35.4 Å². The van der Waals surface area contributed by atoms with Crippen molar-refractivity contribution in [3.8, 4) is 0 Å². The second kappa shape index (κ2) is 5.27. The Kier molecular flexibility index (Phi) is 3.74. The van der Waals surface area contributed by atoms with Crippen LogP contribution in [0.15, 0.2) is 24.3 Å². The van der Waals surface area contributed by atoms with Crippen molar-refractivity contribution in [1.82, 2.24) is 0 Å². The molecule has 1 aliphatic heterocycles. The molecule has 1 N–H and O–H groups in total. The Labute approximate surface area is 99.2 Å². The Morgan fingerprint density at radius 2 is 2.12 bits per heavy atom. The van der Waals surface area contributed by atoms with E-state index in [9.17, 15) is 9.18 Å². The molecule has 0 aromatic heterocycles. The van der Waals surface area contributed by atoms with Gasteiger partial charge in [-0.1, -0.05) is 12.1 Å². The highest BCUT2D eigenvalue weighted by Gasteiger charge is 2.25. The summed E-state index contributed by atoms with van der Waals surface area (Å²) in [4.78, 5) is 10.7. The van der Waals surface area contributed by atoms with E-state index in [1.807, 2.05) is 0 Å². The number of alkyl halides is 1. The lowest BCUT2D eigenvalue weighted by molar-refractivity contribution is 0.0197. The maximum Gasteiger partial charge on any atom is 0.335 e. The van der Waals surface area contributed by atoms with Crippen molar-refractivity contribution in [2.24, 2.45) is 5.92 Å². The molecule has 0 bridgehead atoms. The summed E-state index contributed by atoms with van der Waals surface area (Å²) in [5.74, 6) is -1.10. The number of hydrogen-bond acceptors (Lipinski definition) is 2. The summed E-state index contributed by atoms with van der Waals surface area (Å²) in [6.07, 6.45) is 0.637. The van der Waals surface area contributed by atoms with Gasteiger partial charge in [-0.2, -0.15) is 0 Å². The fraction of sp³-hybridized carbons (Fsp3) is 0.462. The Bertz CT molecular complexity index is 382. The van der Waals surface area contributed by atoms with Gasteiger partial charge in [0.25, 0.3) is 0 Å². The molecule has 1 fully saturated rings. The molecule has 1 saturated heterocycles. The van der Waals surface area contributed by atoms with Gasteiger partial charge < -0.3 is 9.84 Å². The van der Waals surface area contributed by atoms with Crippen LogP contribution in [-0.4, -0.2) is 24.3 Å². The van der Waals surface area contributed by atoms with E-state index in [0.717, 1.165) is 12.8 Å². The van der Waals surface area contributed by atoms with Gasteiger partial charge in [-0.3, -0.25) is 0 Å². The molecule has 2 atom stereocenters. The molecule has 0 radical (unpaired) electrons. The van der Waals surface area contributed by atoms with Crippen LogP contribution in [-0.2, 0) is 4.74 Å².